The third kappa shape index (κ3) is 3.06. The van der Waals surface area contributed by atoms with Gasteiger partial charge in [-0.15, -0.1) is 0 Å². The van der Waals surface area contributed by atoms with Crippen molar-refractivity contribution >= 4 is 5.91 Å². The summed E-state index contributed by atoms with van der Waals surface area (Å²) in [5.41, 5.74) is 1.07. The van der Waals surface area contributed by atoms with Crippen molar-refractivity contribution in [1.29, 1.82) is 0 Å². The van der Waals surface area contributed by atoms with Crippen LogP contribution in [0.4, 0.5) is 0 Å². The van der Waals surface area contributed by atoms with Crippen LogP contribution in [0.3, 0.4) is 0 Å². The monoisotopic (exact) mass is 210 g/mol. The summed E-state index contributed by atoms with van der Waals surface area (Å²) in [6, 6.07) is 0.132. The maximum Gasteiger partial charge on any atom is 0.219 e. The normalized spacial score (nSPS) is 12.5. The number of carbonyl (C=O) groups excluding carboxylic acids is 1. The molecule has 0 spiro atoms. The zero-order valence-corrected chi connectivity index (χ0v) is 9.45. The number of H-pyrrole nitrogens is 1. The van der Waals surface area contributed by atoms with Crippen molar-refractivity contribution in [2.75, 3.05) is 20.1 Å². The fourth-order valence-corrected chi connectivity index (χ4v) is 1.52. The average Bonchev–Trinajstić information content (AvgIpc) is 2.72. The predicted molar refractivity (Wildman–Crippen MR) is 58.3 cm³/mol. The minimum absolute atomic E-state index is 0.0984. The molecule has 0 aliphatic carbocycles. The number of nitrogens with one attached hydrogen (secondary N) is 2. The number of amides is 1. The van der Waals surface area contributed by atoms with E-state index in [9.17, 15) is 4.79 Å². The highest BCUT2D eigenvalue weighted by atomic mass is 16.2. The van der Waals surface area contributed by atoms with E-state index in [4.69, 9.17) is 0 Å². The Bertz CT molecular complexity index is 296. The van der Waals surface area contributed by atoms with E-state index in [2.05, 4.69) is 15.5 Å². The first-order valence-corrected chi connectivity index (χ1v) is 5.10. The Morgan fingerprint density at radius 1 is 1.73 bits per heavy atom. The van der Waals surface area contributed by atoms with Crippen LogP contribution in [0.15, 0.2) is 12.4 Å². The van der Waals surface area contributed by atoms with E-state index < -0.39 is 0 Å². The molecule has 1 amide bonds. The van der Waals surface area contributed by atoms with E-state index in [1.54, 1.807) is 18.0 Å². The molecule has 1 unspecified atom stereocenters. The van der Waals surface area contributed by atoms with E-state index in [1.165, 1.54) is 0 Å². The molecule has 5 nitrogen and oxygen atoms in total. The van der Waals surface area contributed by atoms with Crippen molar-refractivity contribution in [2.45, 2.75) is 19.9 Å². The van der Waals surface area contributed by atoms with Crippen LogP contribution in [0.1, 0.15) is 25.5 Å². The first-order valence-electron chi connectivity index (χ1n) is 5.10. The van der Waals surface area contributed by atoms with E-state index in [0.29, 0.717) is 6.54 Å². The van der Waals surface area contributed by atoms with Gasteiger partial charge in [0.25, 0.3) is 0 Å². The van der Waals surface area contributed by atoms with Crippen molar-refractivity contribution in [3.8, 4) is 0 Å². The SMILES string of the molecule is CCN(CC(NC)c1cn[nH]c1)C(C)=O. The fourth-order valence-electron chi connectivity index (χ4n) is 1.52. The number of aromatic nitrogens is 2. The van der Waals surface area contributed by atoms with E-state index in [0.717, 1.165) is 12.1 Å². The predicted octanol–water partition coefficient (Wildman–Crippen LogP) is 0.539. The van der Waals surface area contributed by atoms with Crippen molar-refractivity contribution in [1.82, 2.24) is 20.4 Å². The van der Waals surface area contributed by atoms with E-state index >= 15 is 0 Å². The smallest absolute Gasteiger partial charge is 0.219 e. The Kier molecular flexibility index (Phi) is 4.30. The lowest BCUT2D eigenvalue weighted by Gasteiger charge is -2.24. The van der Waals surface area contributed by atoms with Crippen LogP contribution in [-0.2, 0) is 4.79 Å². The van der Waals surface area contributed by atoms with Crippen molar-refractivity contribution < 1.29 is 4.79 Å². The summed E-state index contributed by atoms with van der Waals surface area (Å²) in [5.74, 6) is 0.0984. The van der Waals surface area contributed by atoms with Gasteiger partial charge in [0.1, 0.15) is 0 Å². The molecule has 84 valence electrons. The summed E-state index contributed by atoms with van der Waals surface area (Å²) >= 11 is 0. The van der Waals surface area contributed by atoms with Crippen LogP contribution in [0, 0.1) is 0 Å². The quantitative estimate of drug-likeness (QED) is 0.745. The van der Waals surface area contributed by atoms with Gasteiger partial charge in [-0.3, -0.25) is 9.89 Å². The van der Waals surface area contributed by atoms with Gasteiger partial charge in [0.15, 0.2) is 0 Å². The minimum atomic E-state index is 0.0984. The van der Waals surface area contributed by atoms with Crippen LogP contribution < -0.4 is 5.32 Å². The Morgan fingerprint density at radius 2 is 2.47 bits per heavy atom. The number of rotatable bonds is 5. The summed E-state index contributed by atoms with van der Waals surface area (Å²) in [6.45, 7) is 4.96. The maximum absolute atomic E-state index is 11.3. The Balaban J connectivity index is 2.64. The molecule has 1 rings (SSSR count). The van der Waals surface area contributed by atoms with Gasteiger partial charge in [-0.2, -0.15) is 5.10 Å². The number of nitrogens with zero attached hydrogens (tertiary/aromatic N) is 2. The average molecular weight is 210 g/mol. The fraction of sp³-hybridized carbons (Fsp3) is 0.600. The van der Waals surface area contributed by atoms with Gasteiger partial charge in [0, 0.05) is 31.8 Å². The lowest BCUT2D eigenvalue weighted by Crippen LogP contribution is -2.36. The molecule has 2 N–H and O–H groups in total. The highest BCUT2D eigenvalue weighted by Gasteiger charge is 2.15. The largest absolute Gasteiger partial charge is 0.341 e. The molecule has 0 aliphatic heterocycles. The van der Waals surface area contributed by atoms with Crippen LogP contribution >= 0.6 is 0 Å². The van der Waals surface area contributed by atoms with Crippen LogP contribution in [-0.4, -0.2) is 41.1 Å². The van der Waals surface area contributed by atoms with Crippen LogP contribution in [0.5, 0.6) is 0 Å². The Hall–Kier alpha value is -1.36. The summed E-state index contributed by atoms with van der Waals surface area (Å²) in [5, 5.41) is 9.84. The van der Waals surface area contributed by atoms with Gasteiger partial charge in [0.05, 0.1) is 12.2 Å². The molecule has 1 aromatic heterocycles. The third-order valence-electron chi connectivity index (χ3n) is 2.50. The second kappa shape index (κ2) is 5.50. The number of aromatic amines is 1. The van der Waals surface area contributed by atoms with Gasteiger partial charge in [0.2, 0.25) is 5.91 Å². The topological polar surface area (TPSA) is 61.0 Å². The molecule has 5 heteroatoms. The standard InChI is InChI=1S/C10H18N4O/c1-4-14(8(2)15)7-10(11-3)9-5-12-13-6-9/h5-6,10-11H,4,7H2,1-3H3,(H,12,13). The summed E-state index contributed by atoms with van der Waals surface area (Å²) in [4.78, 5) is 13.1. The first kappa shape index (κ1) is 11.7. The van der Waals surface area contributed by atoms with Crippen LogP contribution in [0.2, 0.25) is 0 Å². The molecule has 0 radical (unpaired) electrons. The summed E-state index contributed by atoms with van der Waals surface area (Å²) < 4.78 is 0. The second-order valence-electron chi connectivity index (χ2n) is 3.43. The molecule has 0 saturated heterocycles. The summed E-state index contributed by atoms with van der Waals surface area (Å²) in [6.07, 6.45) is 3.62. The Labute approximate surface area is 89.9 Å². The summed E-state index contributed by atoms with van der Waals surface area (Å²) in [7, 11) is 1.88. The van der Waals surface area contributed by atoms with Crippen LogP contribution in [0.25, 0.3) is 0 Å². The van der Waals surface area contributed by atoms with E-state index in [-0.39, 0.29) is 11.9 Å². The second-order valence-corrected chi connectivity index (χ2v) is 3.43. The lowest BCUT2D eigenvalue weighted by atomic mass is 10.1. The van der Waals surface area contributed by atoms with Crippen molar-refractivity contribution in [3.63, 3.8) is 0 Å². The van der Waals surface area contributed by atoms with Crippen molar-refractivity contribution in [2.24, 2.45) is 0 Å². The zero-order chi connectivity index (χ0) is 11.3. The molecular weight excluding hydrogens is 192 g/mol. The molecule has 1 atom stereocenters. The lowest BCUT2D eigenvalue weighted by molar-refractivity contribution is -0.129. The van der Waals surface area contributed by atoms with Gasteiger partial charge < -0.3 is 10.2 Å². The molecular formula is C10H18N4O. The first-order chi connectivity index (χ1) is 7.19. The Morgan fingerprint density at radius 3 is 2.87 bits per heavy atom. The van der Waals surface area contributed by atoms with Gasteiger partial charge in [-0.1, -0.05) is 0 Å². The van der Waals surface area contributed by atoms with Gasteiger partial charge in [-0.05, 0) is 14.0 Å². The molecule has 1 heterocycles. The maximum atomic E-state index is 11.3. The molecule has 0 bridgehead atoms. The van der Waals surface area contributed by atoms with Gasteiger partial charge >= 0.3 is 0 Å². The number of hydrogen-bond donors (Lipinski definition) is 2. The number of likely N-dealkylation sites (N-methyl/N-ethyl adjacent to an activating group) is 2. The third-order valence-corrected chi connectivity index (χ3v) is 2.50. The van der Waals surface area contributed by atoms with Gasteiger partial charge in [-0.25, -0.2) is 0 Å². The molecule has 1 aromatic rings. The van der Waals surface area contributed by atoms with E-state index in [1.807, 2.05) is 20.2 Å². The molecule has 0 saturated carbocycles. The zero-order valence-electron chi connectivity index (χ0n) is 9.45. The highest BCUT2D eigenvalue weighted by Crippen LogP contribution is 2.11. The molecule has 0 fully saturated rings. The minimum Gasteiger partial charge on any atom is -0.341 e. The molecule has 15 heavy (non-hydrogen) atoms. The van der Waals surface area contributed by atoms with Crippen molar-refractivity contribution in [3.05, 3.63) is 18.0 Å². The number of hydrogen-bond acceptors (Lipinski definition) is 3. The highest BCUT2D eigenvalue weighted by molar-refractivity contribution is 5.73. The molecule has 0 aliphatic rings. The number of carbonyl (C=O) groups is 1. The molecule has 0 aromatic carbocycles.